The van der Waals surface area contributed by atoms with E-state index in [-0.39, 0.29) is 0 Å². The first kappa shape index (κ1) is 30.0. The molecule has 36 heavy (non-hydrogen) atoms. The van der Waals surface area contributed by atoms with Crippen LogP contribution in [0.25, 0.3) is 0 Å². The SMILES string of the molecule is CCCCCCc1c(C)c(C)c(/C=N\N=C/c2c(C)c(C)c(CCCCCC)c(C)c2C)c(C)c1C. The molecule has 0 saturated carbocycles. The molecule has 2 aromatic rings. The van der Waals surface area contributed by atoms with Gasteiger partial charge < -0.3 is 0 Å². The summed E-state index contributed by atoms with van der Waals surface area (Å²) in [6.45, 7) is 22.6. The summed E-state index contributed by atoms with van der Waals surface area (Å²) in [6, 6.07) is 0. The molecule has 0 saturated heterocycles. The molecule has 0 amide bonds. The first-order valence-corrected chi connectivity index (χ1v) is 14.4. The quantitative estimate of drug-likeness (QED) is 0.152. The molecule has 2 rings (SSSR count). The molecular formula is C34H52N2. The Morgan fingerprint density at radius 3 is 1.00 bits per heavy atom. The molecule has 0 heterocycles. The van der Waals surface area contributed by atoms with E-state index in [1.54, 1.807) is 0 Å². The third-order valence-corrected chi connectivity index (χ3v) is 8.68. The van der Waals surface area contributed by atoms with E-state index in [2.05, 4.69) is 79.4 Å². The van der Waals surface area contributed by atoms with E-state index in [4.69, 9.17) is 0 Å². The molecule has 2 aromatic carbocycles. The van der Waals surface area contributed by atoms with Gasteiger partial charge in [0.15, 0.2) is 0 Å². The van der Waals surface area contributed by atoms with Crippen LogP contribution in [0.15, 0.2) is 10.2 Å². The predicted octanol–water partition coefficient (Wildman–Crippen LogP) is 9.85. The molecule has 0 spiro atoms. The summed E-state index contributed by atoms with van der Waals surface area (Å²) in [5.41, 5.74) is 16.6. The normalized spacial score (nSPS) is 11.9. The molecule has 0 aliphatic heterocycles. The van der Waals surface area contributed by atoms with E-state index in [9.17, 15) is 0 Å². The molecule has 0 aliphatic rings. The van der Waals surface area contributed by atoms with Gasteiger partial charge in [0, 0.05) is 11.1 Å². The Morgan fingerprint density at radius 2 is 0.722 bits per heavy atom. The van der Waals surface area contributed by atoms with Crippen molar-refractivity contribution in [1.29, 1.82) is 0 Å². The van der Waals surface area contributed by atoms with E-state index in [1.165, 1.54) is 131 Å². The summed E-state index contributed by atoms with van der Waals surface area (Å²) in [5.74, 6) is 0. The third kappa shape index (κ3) is 7.17. The number of hydrogen-bond acceptors (Lipinski definition) is 2. The summed E-state index contributed by atoms with van der Waals surface area (Å²) in [5, 5.41) is 9.07. The van der Waals surface area contributed by atoms with Crippen molar-refractivity contribution >= 4 is 12.4 Å². The second-order valence-corrected chi connectivity index (χ2v) is 10.9. The average molecular weight is 489 g/mol. The van der Waals surface area contributed by atoms with E-state index < -0.39 is 0 Å². The maximum absolute atomic E-state index is 4.54. The lowest BCUT2D eigenvalue weighted by Gasteiger charge is -2.19. The van der Waals surface area contributed by atoms with Crippen molar-refractivity contribution in [3.8, 4) is 0 Å². The minimum atomic E-state index is 1.18. The first-order chi connectivity index (χ1) is 17.2. The van der Waals surface area contributed by atoms with Gasteiger partial charge in [0.2, 0.25) is 0 Å². The van der Waals surface area contributed by atoms with Crippen molar-refractivity contribution in [2.24, 2.45) is 10.2 Å². The molecule has 0 fully saturated rings. The second kappa shape index (κ2) is 14.5. The predicted molar refractivity (Wildman–Crippen MR) is 162 cm³/mol. The third-order valence-electron chi connectivity index (χ3n) is 8.68. The van der Waals surface area contributed by atoms with E-state index in [0.29, 0.717) is 0 Å². The van der Waals surface area contributed by atoms with Crippen LogP contribution in [0.1, 0.15) is 132 Å². The van der Waals surface area contributed by atoms with Crippen LogP contribution < -0.4 is 0 Å². The Hall–Kier alpha value is -2.22. The molecule has 198 valence electrons. The molecule has 0 unspecified atom stereocenters. The molecule has 0 aromatic heterocycles. The number of benzene rings is 2. The zero-order valence-corrected chi connectivity index (χ0v) is 25.1. The lowest BCUT2D eigenvalue weighted by molar-refractivity contribution is 0.664. The summed E-state index contributed by atoms with van der Waals surface area (Å²) in [7, 11) is 0. The van der Waals surface area contributed by atoms with Gasteiger partial charge in [-0.25, -0.2) is 0 Å². The fraction of sp³-hybridized carbons (Fsp3) is 0.588. The first-order valence-electron chi connectivity index (χ1n) is 14.4. The maximum atomic E-state index is 4.54. The summed E-state index contributed by atoms with van der Waals surface area (Å²) in [6.07, 6.45) is 16.7. The van der Waals surface area contributed by atoms with E-state index in [1.807, 2.05) is 12.4 Å². The minimum absolute atomic E-state index is 1.18. The van der Waals surface area contributed by atoms with Crippen LogP contribution in [0.4, 0.5) is 0 Å². The molecule has 2 heteroatoms. The Kier molecular flexibility index (Phi) is 12.1. The van der Waals surface area contributed by atoms with Gasteiger partial charge in [-0.2, -0.15) is 10.2 Å². The smallest absolute Gasteiger partial charge is 0.0573 e. The topological polar surface area (TPSA) is 24.7 Å². The minimum Gasteiger partial charge on any atom is -0.158 e. The lowest BCUT2D eigenvalue weighted by Crippen LogP contribution is -2.06. The average Bonchev–Trinajstić information content (AvgIpc) is 2.86. The zero-order chi connectivity index (χ0) is 26.8. The summed E-state index contributed by atoms with van der Waals surface area (Å²) in [4.78, 5) is 0. The van der Waals surface area contributed by atoms with Gasteiger partial charge in [0.1, 0.15) is 0 Å². The molecule has 0 N–H and O–H groups in total. The van der Waals surface area contributed by atoms with E-state index in [0.717, 1.165) is 0 Å². The molecular weight excluding hydrogens is 436 g/mol. The van der Waals surface area contributed by atoms with Crippen LogP contribution in [0.5, 0.6) is 0 Å². The fourth-order valence-corrected chi connectivity index (χ4v) is 5.61. The molecule has 0 atom stereocenters. The van der Waals surface area contributed by atoms with Gasteiger partial charge in [0.25, 0.3) is 0 Å². The second-order valence-electron chi connectivity index (χ2n) is 10.9. The summed E-state index contributed by atoms with van der Waals surface area (Å²) >= 11 is 0. The number of hydrogen-bond donors (Lipinski definition) is 0. The van der Waals surface area contributed by atoms with Gasteiger partial charge in [0.05, 0.1) is 12.4 Å². The van der Waals surface area contributed by atoms with Gasteiger partial charge >= 0.3 is 0 Å². The van der Waals surface area contributed by atoms with E-state index >= 15 is 0 Å². The number of rotatable bonds is 13. The van der Waals surface area contributed by atoms with Crippen LogP contribution >= 0.6 is 0 Å². The standard InChI is InChI=1S/C34H52N2/c1-11-13-15-17-19-31-23(3)27(7)33(28(8)24(31)4)21-35-36-22-34-29(9)25(5)32(26(6)30(34)10)20-18-16-14-12-2/h21-22H,11-20H2,1-10H3/b35-21-,36-22-. The van der Waals surface area contributed by atoms with Crippen molar-refractivity contribution in [3.05, 3.63) is 66.8 Å². The lowest BCUT2D eigenvalue weighted by atomic mass is 9.87. The van der Waals surface area contributed by atoms with Crippen molar-refractivity contribution in [3.63, 3.8) is 0 Å². The van der Waals surface area contributed by atoms with Crippen LogP contribution in [0, 0.1) is 55.4 Å². The van der Waals surface area contributed by atoms with Crippen LogP contribution in [-0.4, -0.2) is 12.4 Å². The highest BCUT2D eigenvalue weighted by Gasteiger charge is 2.15. The van der Waals surface area contributed by atoms with Gasteiger partial charge in [-0.3, -0.25) is 0 Å². The Morgan fingerprint density at radius 1 is 0.417 bits per heavy atom. The molecule has 2 nitrogen and oxygen atoms in total. The number of unbranched alkanes of at least 4 members (excludes halogenated alkanes) is 6. The van der Waals surface area contributed by atoms with Crippen molar-refractivity contribution in [2.45, 2.75) is 133 Å². The zero-order valence-electron chi connectivity index (χ0n) is 25.1. The highest BCUT2D eigenvalue weighted by molar-refractivity contribution is 5.88. The van der Waals surface area contributed by atoms with Crippen LogP contribution in [-0.2, 0) is 12.8 Å². The largest absolute Gasteiger partial charge is 0.158 e. The molecule has 0 aliphatic carbocycles. The maximum Gasteiger partial charge on any atom is 0.0573 e. The van der Waals surface area contributed by atoms with Crippen LogP contribution in [0.2, 0.25) is 0 Å². The Bertz CT molecular complexity index is 940. The molecule has 0 bridgehead atoms. The van der Waals surface area contributed by atoms with Gasteiger partial charge in [-0.15, -0.1) is 0 Å². The summed E-state index contributed by atoms with van der Waals surface area (Å²) < 4.78 is 0. The highest BCUT2D eigenvalue weighted by atomic mass is 15.2. The Balaban J connectivity index is 2.26. The van der Waals surface area contributed by atoms with Crippen molar-refractivity contribution in [1.82, 2.24) is 0 Å². The monoisotopic (exact) mass is 488 g/mol. The molecule has 0 radical (unpaired) electrons. The van der Waals surface area contributed by atoms with Crippen molar-refractivity contribution in [2.75, 3.05) is 0 Å². The van der Waals surface area contributed by atoms with Gasteiger partial charge in [-0.1, -0.05) is 52.4 Å². The van der Waals surface area contributed by atoms with Gasteiger partial charge in [-0.05, 0) is 137 Å². The number of nitrogens with zero attached hydrogens (tertiary/aromatic N) is 2. The Labute approximate surface area is 222 Å². The van der Waals surface area contributed by atoms with Crippen LogP contribution in [0.3, 0.4) is 0 Å². The van der Waals surface area contributed by atoms with Crippen molar-refractivity contribution < 1.29 is 0 Å². The highest BCUT2D eigenvalue weighted by Crippen LogP contribution is 2.29. The fourth-order valence-electron chi connectivity index (χ4n) is 5.61.